The maximum Gasteiger partial charge on any atom is 1.00 e. The summed E-state index contributed by atoms with van der Waals surface area (Å²) >= 11 is 0. The first-order valence-corrected chi connectivity index (χ1v) is 1.34. The summed E-state index contributed by atoms with van der Waals surface area (Å²) in [6.45, 7) is 2.94. The van der Waals surface area contributed by atoms with Crippen molar-refractivity contribution in [2.75, 3.05) is 6.61 Å². The summed E-state index contributed by atoms with van der Waals surface area (Å²) in [6.07, 6.45) is 0. The molecule has 4 nitrogen and oxygen atoms in total. The molecule has 0 fully saturated rings. The van der Waals surface area contributed by atoms with Crippen LogP contribution in [0.15, 0.2) is 0 Å². The molecule has 0 aromatic rings. The Morgan fingerprint density at radius 2 is 2.29 bits per heavy atom. The molecule has 0 amide bonds. The Hall–Kier alpha value is -0.0597. The Kier molecular flexibility index (Phi) is 8.52. The van der Waals surface area contributed by atoms with Crippen LogP contribution >= 0.6 is 0 Å². The summed E-state index contributed by atoms with van der Waals surface area (Å²) in [7, 11) is 0. The van der Waals surface area contributed by atoms with E-state index < -0.39 is 5.09 Å². The maximum atomic E-state index is 9.14. The quantitative estimate of drug-likeness (QED) is 0.272. The van der Waals surface area contributed by atoms with Gasteiger partial charge in [-0.3, -0.25) is 0 Å². The van der Waals surface area contributed by atoms with Gasteiger partial charge in [-0.2, -0.15) is 0 Å². The molecule has 0 saturated carbocycles. The van der Waals surface area contributed by atoms with Crippen molar-refractivity contribution in [2.45, 2.75) is 0 Å². The van der Waals surface area contributed by atoms with Crippen molar-refractivity contribution in [3.63, 3.8) is 0 Å². The maximum absolute atomic E-state index is 9.14. The standard InChI is InChI=1S/C2H4NO3.Ag/c1-2-6-3(4)5;/h1-2H2;/q-1;+1. The third-order valence-electron chi connectivity index (χ3n) is 0.197. The van der Waals surface area contributed by atoms with Crippen molar-refractivity contribution in [3.05, 3.63) is 17.0 Å². The molecule has 46 valence electrons. The number of rotatable bonds is 2. The van der Waals surface area contributed by atoms with Crippen LogP contribution in [0.2, 0.25) is 0 Å². The summed E-state index contributed by atoms with van der Waals surface area (Å²) in [6, 6.07) is 0. The summed E-state index contributed by atoms with van der Waals surface area (Å²) in [4.78, 5) is 12.8. The predicted molar refractivity (Wildman–Crippen MR) is 18.3 cm³/mol. The Morgan fingerprint density at radius 1 is 1.86 bits per heavy atom. The molecule has 0 aromatic heterocycles. The fourth-order valence-electron chi connectivity index (χ4n) is 0.0745. The van der Waals surface area contributed by atoms with Gasteiger partial charge in [-0.05, 0) is 6.61 Å². The van der Waals surface area contributed by atoms with Crippen LogP contribution in [-0.4, -0.2) is 11.7 Å². The van der Waals surface area contributed by atoms with E-state index in [0.29, 0.717) is 0 Å². The predicted octanol–water partition coefficient (Wildman–Crippen LogP) is 0.0263. The van der Waals surface area contributed by atoms with Gasteiger partial charge in [0.25, 0.3) is 5.09 Å². The van der Waals surface area contributed by atoms with E-state index in [1.807, 2.05) is 0 Å². The first-order chi connectivity index (χ1) is 2.77. The van der Waals surface area contributed by atoms with Crippen LogP contribution in [-0.2, 0) is 27.2 Å². The van der Waals surface area contributed by atoms with Crippen molar-refractivity contribution in [3.8, 4) is 0 Å². The molecule has 0 radical (unpaired) electrons. The Morgan fingerprint density at radius 3 is 2.29 bits per heavy atom. The zero-order valence-electron chi connectivity index (χ0n) is 3.39. The van der Waals surface area contributed by atoms with Crippen LogP contribution < -0.4 is 0 Å². The smallest absolute Gasteiger partial charge is 0.346 e. The average Bonchev–Trinajstić information content (AvgIpc) is 1.35. The first-order valence-electron chi connectivity index (χ1n) is 1.34. The van der Waals surface area contributed by atoms with E-state index >= 15 is 0 Å². The van der Waals surface area contributed by atoms with Gasteiger partial charge in [0.15, 0.2) is 0 Å². The monoisotopic (exact) mass is 197 g/mol. The summed E-state index contributed by atoms with van der Waals surface area (Å²) in [5.41, 5.74) is 0. The second-order valence-electron chi connectivity index (χ2n) is 0.557. The van der Waals surface area contributed by atoms with Crippen molar-refractivity contribution in [1.29, 1.82) is 0 Å². The molecule has 0 aliphatic carbocycles. The molecule has 0 aliphatic heterocycles. The average molecular weight is 198 g/mol. The van der Waals surface area contributed by atoms with E-state index in [4.69, 9.17) is 10.1 Å². The van der Waals surface area contributed by atoms with Gasteiger partial charge in [0.1, 0.15) is 0 Å². The first kappa shape index (κ1) is 10.0. The SMILES string of the molecule is [Ag+].[CH2-]CO[N+](=O)[O-]. The molecular weight excluding hydrogens is 194 g/mol. The molecule has 7 heavy (non-hydrogen) atoms. The van der Waals surface area contributed by atoms with Gasteiger partial charge in [0, 0.05) is 0 Å². The Bertz CT molecular complexity index is 56.9. The second kappa shape index (κ2) is 5.94. The van der Waals surface area contributed by atoms with Gasteiger partial charge in [-0.15, -0.1) is 10.1 Å². The fourth-order valence-corrected chi connectivity index (χ4v) is 0.0745. The topological polar surface area (TPSA) is 52.4 Å². The summed E-state index contributed by atoms with van der Waals surface area (Å²) < 4.78 is 0. The van der Waals surface area contributed by atoms with Crippen molar-refractivity contribution >= 4 is 0 Å². The molecule has 0 saturated heterocycles. The van der Waals surface area contributed by atoms with Crippen molar-refractivity contribution in [1.82, 2.24) is 0 Å². The molecule has 0 heterocycles. The fraction of sp³-hybridized carbons (Fsp3) is 0.500. The van der Waals surface area contributed by atoms with Gasteiger partial charge in [-0.25, -0.2) is 0 Å². The molecule has 0 bridgehead atoms. The van der Waals surface area contributed by atoms with E-state index in [2.05, 4.69) is 11.8 Å². The molecule has 0 N–H and O–H groups in total. The van der Waals surface area contributed by atoms with Crippen LogP contribution in [0.25, 0.3) is 0 Å². The Labute approximate surface area is 56.5 Å². The van der Waals surface area contributed by atoms with E-state index in [1.165, 1.54) is 0 Å². The third kappa shape index (κ3) is 10.7. The molecule has 0 rings (SSSR count). The minimum Gasteiger partial charge on any atom is -0.346 e. The summed E-state index contributed by atoms with van der Waals surface area (Å²) in [5.74, 6) is 0. The largest absolute Gasteiger partial charge is 1.00 e. The molecule has 5 heteroatoms. The van der Waals surface area contributed by atoms with Crippen LogP contribution in [0.1, 0.15) is 0 Å². The van der Waals surface area contributed by atoms with Crippen LogP contribution in [0.5, 0.6) is 0 Å². The van der Waals surface area contributed by atoms with Crippen LogP contribution in [0.4, 0.5) is 0 Å². The van der Waals surface area contributed by atoms with Gasteiger partial charge in [0.2, 0.25) is 0 Å². The zero-order valence-corrected chi connectivity index (χ0v) is 4.87. The number of hydrogen-bond acceptors (Lipinski definition) is 3. The van der Waals surface area contributed by atoms with Crippen LogP contribution in [0, 0.1) is 17.0 Å². The summed E-state index contributed by atoms with van der Waals surface area (Å²) in [5, 5.41) is 8.26. The molecule has 0 aliphatic rings. The van der Waals surface area contributed by atoms with E-state index in [9.17, 15) is 0 Å². The zero-order chi connectivity index (χ0) is 4.99. The second-order valence-corrected chi connectivity index (χ2v) is 0.557. The van der Waals surface area contributed by atoms with E-state index in [1.54, 1.807) is 0 Å². The molecule has 0 atom stereocenters. The van der Waals surface area contributed by atoms with E-state index in [-0.39, 0.29) is 29.0 Å². The third-order valence-corrected chi connectivity index (χ3v) is 0.197. The van der Waals surface area contributed by atoms with Gasteiger partial charge in [0.05, 0.1) is 0 Å². The number of nitrogens with zero attached hydrogens (tertiary/aromatic N) is 1. The minimum atomic E-state index is -0.882. The Balaban J connectivity index is 0. The van der Waals surface area contributed by atoms with E-state index in [0.717, 1.165) is 0 Å². The molecule has 0 aromatic carbocycles. The number of hydrogen-bond donors (Lipinski definition) is 0. The molecular formula is C2H4AgNO3. The molecule has 0 spiro atoms. The van der Waals surface area contributed by atoms with Crippen molar-refractivity contribution < 1.29 is 32.3 Å². The minimum absolute atomic E-state index is 0. The van der Waals surface area contributed by atoms with Gasteiger partial charge in [-0.1, -0.05) is 0 Å². The van der Waals surface area contributed by atoms with Crippen LogP contribution in [0.3, 0.4) is 0 Å². The van der Waals surface area contributed by atoms with Gasteiger partial charge < -0.3 is 11.8 Å². The molecule has 0 unspecified atom stereocenters. The van der Waals surface area contributed by atoms with Crippen molar-refractivity contribution in [2.24, 2.45) is 0 Å². The normalized spacial score (nSPS) is 6.43. The van der Waals surface area contributed by atoms with Gasteiger partial charge >= 0.3 is 22.4 Å².